The quantitative estimate of drug-likeness (QED) is 0.0918. The zero-order valence-corrected chi connectivity index (χ0v) is 75.8. The number of ether oxygens (including phenoxy) is 2. The number of hydrogen-bond donors (Lipinski definition) is 3. The number of aryl methyl sites for hydroxylation is 3. The number of benzene rings is 6. The average molecular weight is 1600 g/mol. The number of esters is 1. The van der Waals surface area contributed by atoms with Crippen molar-refractivity contribution < 1.29 is 28.2 Å². The Hall–Kier alpha value is -10.4. The Morgan fingerprint density at radius 3 is 1.59 bits per heavy atom. The zero-order valence-electron chi connectivity index (χ0n) is 75.0. The van der Waals surface area contributed by atoms with E-state index in [1.165, 1.54) is 70.8 Å². The molecule has 116 heavy (non-hydrogen) atoms. The van der Waals surface area contributed by atoms with Crippen molar-refractivity contribution in [3.05, 3.63) is 284 Å². The van der Waals surface area contributed by atoms with Gasteiger partial charge >= 0.3 is 5.97 Å². The molecule has 0 spiro atoms. The molecule has 0 radical (unpaired) electrons. The number of aromatic amines is 2. The van der Waals surface area contributed by atoms with E-state index in [9.17, 15) is 9.59 Å². The molecule has 13 rings (SSSR count). The minimum atomic E-state index is -0.260. The number of imidazole rings is 2. The predicted molar refractivity (Wildman–Crippen MR) is 486 cm³/mol. The molecule has 17 heteroatoms. The number of rotatable bonds is 13. The van der Waals surface area contributed by atoms with Gasteiger partial charge in [0.25, 0.3) is 0 Å². The minimum absolute atomic E-state index is 0.0303. The topological polar surface area (TPSA) is 214 Å². The van der Waals surface area contributed by atoms with E-state index in [4.69, 9.17) is 26.1 Å². The van der Waals surface area contributed by atoms with Crippen LogP contribution in [0.1, 0.15) is 309 Å². The summed E-state index contributed by atoms with van der Waals surface area (Å²) in [5.74, 6) is 8.85. The predicted octanol–water partition coefficient (Wildman–Crippen LogP) is 27.3. The van der Waals surface area contributed by atoms with E-state index in [1.54, 1.807) is 24.2 Å². The second kappa shape index (κ2) is 53.0. The van der Waals surface area contributed by atoms with Crippen LogP contribution in [0.5, 0.6) is 5.75 Å². The Labute approximate surface area is 701 Å². The molecule has 0 atom stereocenters. The number of fused-ring (bicyclic) bond motifs is 2. The molecule has 3 aliphatic rings. The standard InChI is InChI=1S/C12H17NO.C11H15NO.C11H14O2.C10H11N.C10H14.C9H9ClN2O.C8H13NO.2C8H12.2C6H10N2/c1-9(2)10-4-5-11-12(8-10)14-7-6-13(11)3;1-8(2)10-4-6-11(7-5-10)12-9(3)13;1-8(2)9-6-4-5-7-10(9)11(12)13-3;1-8(2)10-5-3-9(7-11)4-6-10;1-8(2)10-6-4-9(3)5-7-10;1-5(2)6-3-4-7(10)9-8(6)11-13-12-9;1-5(2)8-6(3)9-10-7(8)4;2*1-7(2)8-5-3-4-6-8;1-5(2)6-3-7-4-8-6;1-5(2)6-7-3-4-8-6/h4-5,8-9H,6-7H2,1-3H3;4-8H,1-3H3,(H,12,13);4-8H,1-3H3;3-6,8H,1-2H3;4-8H,1-3H3;3-5H,1-2H3;5H,1-4H3;3,5-7H,4H2,1-2H3;3-5,7H,6H2,1-2H3;2*3-5H,1-2H3,(H,7,8). The zero-order chi connectivity index (χ0) is 86.7. The Kier molecular flexibility index (Phi) is 45.6. The lowest BCUT2D eigenvalue weighted by atomic mass is 9.97. The maximum Gasteiger partial charge on any atom is 0.338 e. The fourth-order valence-electron chi connectivity index (χ4n) is 11.7. The molecular formula is C99H137ClN10O6. The first-order valence-electron chi connectivity index (χ1n) is 41.0. The SMILES string of the molecule is CC(=O)Nc1ccc(C(C)C)cc1.CC(C)C1=CC=CC1.CC(C)C1=CCC=C1.CC(C)c1ccc(C#N)cc1.CC(C)c1ccc(Cl)c2nonc12.CC(C)c1ccc2c(c1)OCCN2C.CC(C)c1cnc[nH]1.CC(C)c1ncc[nH]1.COC(=O)c1ccccc1C(C)C.Cc1ccc(C(C)C)cc1.Cc1noc(C)c1C(C)C. The Morgan fingerprint density at radius 1 is 0.612 bits per heavy atom. The molecule has 1 amide bonds. The summed E-state index contributed by atoms with van der Waals surface area (Å²) in [5.41, 5.74) is 20.2. The first-order chi connectivity index (χ1) is 54.9. The number of aromatic nitrogens is 7. The van der Waals surface area contributed by atoms with Gasteiger partial charge in [-0.25, -0.2) is 19.4 Å². The Bertz CT molecular complexity index is 4520. The van der Waals surface area contributed by atoms with Crippen LogP contribution in [0.25, 0.3) is 11.0 Å². The van der Waals surface area contributed by atoms with Crippen molar-refractivity contribution in [1.29, 1.82) is 5.26 Å². The van der Waals surface area contributed by atoms with Crippen LogP contribution in [0.15, 0.2) is 209 Å². The van der Waals surface area contributed by atoms with Gasteiger partial charge in [-0.15, -0.1) is 0 Å². The molecular weight excluding hydrogens is 1460 g/mol. The van der Waals surface area contributed by atoms with Crippen LogP contribution in [-0.2, 0) is 9.53 Å². The van der Waals surface area contributed by atoms with Gasteiger partial charge in [0.2, 0.25) is 5.91 Å². The van der Waals surface area contributed by atoms with E-state index in [0.29, 0.717) is 75.3 Å². The van der Waals surface area contributed by atoms with E-state index in [0.717, 1.165) is 76.4 Å². The number of halogens is 1. The van der Waals surface area contributed by atoms with Gasteiger partial charge in [0.05, 0.1) is 53.6 Å². The Morgan fingerprint density at radius 2 is 1.19 bits per heavy atom. The smallest absolute Gasteiger partial charge is 0.338 e. The monoisotopic (exact) mass is 1600 g/mol. The molecule has 3 N–H and O–H groups in total. The van der Waals surface area contributed by atoms with Crippen LogP contribution in [0.4, 0.5) is 11.4 Å². The van der Waals surface area contributed by atoms with Crippen LogP contribution in [0, 0.1) is 43.9 Å². The third-order valence-corrected chi connectivity index (χ3v) is 19.3. The van der Waals surface area contributed by atoms with E-state index in [2.05, 4.69) is 306 Å². The van der Waals surface area contributed by atoms with Crippen molar-refractivity contribution in [2.24, 2.45) is 11.8 Å². The number of methoxy groups -OCH3 is 1. The maximum atomic E-state index is 11.3. The maximum absolute atomic E-state index is 11.3. The fourth-order valence-corrected chi connectivity index (χ4v) is 11.9. The van der Waals surface area contributed by atoms with Gasteiger partial charge < -0.3 is 34.2 Å². The van der Waals surface area contributed by atoms with Gasteiger partial charge in [-0.05, 0) is 191 Å². The molecule has 0 unspecified atom stereocenters. The van der Waals surface area contributed by atoms with Crippen molar-refractivity contribution in [3.63, 3.8) is 0 Å². The molecule has 6 aromatic carbocycles. The number of likely N-dealkylation sites (N-methyl/N-ethyl adjacent to an activating group) is 1. The summed E-state index contributed by atoms with van der Waals surface area (Å²) in [5, 5.41) is 23.3. The number of carbonyl (C=O) groups is 2. The summed E-state index contributed by atoms with van der Waals surface area (Å²) in [6.07, 6.45) is 22.7. The lowest BCUT2D eigenvalue weighted by Crippen LogP contribution is -2.28. The largest absolute Gasteiger partial charge is 0.490 e. The molecule has 1 aliphatic heterocycles. The van der Waals surface area contributed by atoms with Crippen LogP contribution < -0.4 is 15.0 Å². The molecule has 0 saturated heterocycles. The van der Waals surface area contributed by atoms with E-state index in [-0.39, 0.29) is 11.9 Å². The van der Waals surface area contributed by atoms with Gasteiger partial charge in [0.15, 0.2) is 5.52 Å². The van der Waals surface area contributed by atoms with Gasteiger partial charge in [0, 0.05) is 55.4 Å². The van der Waals surface area contributed by atoms with Gasteiger partial charge in [-0.1, -0.05) is 296 Å². The van der Waals surface area contributed by atoms with Crippen molar-refractivity contribution in [1.82, 2.24) is 35.4 Å². The number of amides is 1. The van der Waals surface area contributed by atoms with Crippen LogP contribution in [-0.4, -0.2) is 74.6 Å². The first kappa shape index (κ1) is 99.8. The van der Waals surface area contributed by atoms with Crippen molar-refractivity contribution in [3.8, 4) is 11.8 Å². The lowest BCUT2D eigenvalue weighted by molar-refractivity contribution is -0.114. The number of nitrogens with zero attached hydrogens (tertiary/aromatic N) is 7. The number of nitriles is 1. The van der Waals surface area contributed by atoms with Gasteiger partial charge in [0.1, 0.15) is 29.5 Å². The molecule has 4 aromatic heterocycles. The normalized spacial score (nSPS) is 12.0. The summed E-state index contributed by atoms with van der Waals surface area (Å²) in [6, 6.07) is 44.3. The van der Waals surface area contributed by atoms with E-state index < -0.39 is 0 Å². The van der Waals surface area contributed by atoms with Crippen LogP contribution >= 0.6 is 11.6 Å². The minimum Gasteiger partial charge on any atom is -0.490 e. The summed E-state index contributed by atoms with van der Waals surface area (Å²) in [6.45, 7) is 56.7. The van der Waals surface area contributed by atoms with Crippen molar-refractivity contribution >= 4 is 45.9 Å². The van der Waals surface area contributed by atoms with Gasteiger partial charge in [-0.3, -0.25) is 4.79 Å². The first-order valence-corrected chi connectivity index (χ1v) is 41.4. The molecule has 626 valence electrons. The molecule has 16 nitrogen and oxygen atoms in total. The number of hydrogen-bond acceptors (Lipinski definition) is 13. The van der Waals surface area contributed by atoms with Crippen LogP contribution in [0.2, 0.25) is 5.02 Å². The summed E-state index contributed by atoms with van der Waals surface area (Å²) >= 11 is 5.91. The average Bonchev–Trinajstić information content (AvgIpc) is 1.64. The summed E-state index contributed by atoms with van der Waals surface area (Å²) < 4.78 is 20.0. The number of allylic oxidation sites excluding steroid dienone is 8. The molecule has 10 aromatic rings. The molecule has 0 bridgehead atoms. The summed E-state index contributed by atoms with van der Waals surface area (Å²) in [7, 11) is 3.51. The lowest BCUT2D eigenvalue weighted by Gasteiger charge is -2.28. The second-order valence-corrected chi connectivity index (χ2v) is 32.7. The fraction of sp³-hybridized carbons (Fsp3) is 0.434. The van der Waals surface area contributed by atoms with Crippen LogP contribution in [0.3, 0.4) is 0 Å². The summed E-state index contributed by atoms with van der Waals surface area (Å²) in [4.78, 5) is 38.3. The second-order valence-electron chi connectivity index (χ2n) is 32.3. The van der Waals surface area contributed by atoms with E-state index >= 15 is 0 Å². The highest BCUT2D eigenvalue weighted by Gasteiger charge is 2.18. The number of H-pyrrole nitrogens is 2. The highest BCUT2D eigenvalue weighted by Crippen LogP contribution is 2.34. The van der Waals surface area contributed by atoms with Crippen molar-refractivity contribution in [2.75, 3.05) is 37.5 Å². The third-order valence-electron chi connectivity index (χ3n) is 19.0. The Balaban J connectivity index is 0.000000332. The molecule has 2 aliphatic carbocycles. The van der Waals surface area contributed by atoms with Crippen molar-refractivity contribution in [2.45, 2.75) is 246 Å². The highest BCUT2D eigenvalue weighted by atomic mass is 35.5. The molecule has 5 heterocycles. The number of carbonyl (C=O) groups excluding carboxylic acids is 2. The third kappa shape index (κ3) is 36.2. The molecule has 0 saturated carbocycles. The van der Waals surface area contributed by atoms with Gasteiger partial charge in [-0.2, -0.15) is 5.26 Å². The number of nitrogens with one attached hydrogen (secondary N) is 3. The molecule has 0 fully saturated rings. The highest BCUT2D eigenvalue weighted by molar-refractivity contribution is 6.35. The number of anilines is 2. The van der Waals surface area contributed by atoms with E-state index in [1.807, 2.05) is 105 Å².